The number of benzene rings is 1. The fourth-order valence-corrected chi connectivity index (χ4v) is 1.12. The molecule has 82 valence electrons. The number of carbonyl (C=O) groups is 1. The van der Waals surface area contributed by atoms with Crippen LogP contribution in [0.5, 0.6) is 0 Å². The maximum absolute atomic E-state index is 10.6. The van der Waals surface area contributed by atoms with Gasteiger partial charge in [0.25, 0.3) is 0 Å². The molecule has 0 atom stereocenters. The lowest BCUT2D eigenvalue weighted by molar-refractivity contribution is 0.0696. The molecule has 0 unspecified atom stereocenters. The molecule has 4 heteroatoms. The quantitative estimate of drug-likeness (QED) is 0.691. The van der Waals surface area contributed by atoms with Gasteiger partial charge < -0.3 is 15.6 Å². The lowest BCUT2D eigenvalue weighted by atomic mass is 10.1. The van der Waals surface area contributed by atoms with E-state index in [1.165, 1.54) is 0 Å². The Bertz CT molecular complexity index is 308. The monoisotopic (exact) mass is 209 g/mol. The number of hydrogen-bond donors (Lipinski definition) is 2. The molecule has 1 aromatic carbocycles. The van der Waals surface area contributed by atoms with Crippen molar-refractivity contribution in [1.82, 2.24) is 0 Å². The highest BCUT2D eigenvalue weighted by molar-refractivity contribution is 5.87. The maximum atomic E-state index is 10.6. The molecule has 0 spiro atoms. The predicted octanol–water partition coefficient (Wildman–Crippen LogP) is 1.25. The predicted molar refractivity (Wildman–Crippen MR) is 56.7 cm³/mol. The van der Waals surface area contributed by atoms with Gasteiger partial charge in [0.05, 0.1) is 12.2 Å². The smallest absolute Gasteiger partial charge is 0.335 e. The first-order valence-corrected chi connectivity index (χ1v) is 4.84. The summed E-state index contributed by atoms with van der Waals surface area (Å²) in [5.41, 5.74) is 6.58. The molecular formula is C11H15NO3. The third kappa shape index (κ3) is 4.10. The van der Waals surface area contributed by atoms with Gasteiger partial charge in [-0.15, -0.1) is 0 Å². The first-order valence-electron chi connectivity index (χ1n) is 4.84. The standard InChI is InChI=1S/C11H15NO3/c12-6-1-7-15-8-9-2-4-10(5-3-9)11(13)14/h2-5H,1,6-8,12H2,(H,13,14). The van der Waals surface area contributed by atoms with Crippen LogP contribution < -0.4 is 5.73 Å². The highest BCUT2D eigenvalue weighted by Crippen LogP contribution is 2.05. The second-order valence-corrected chi connectivity index (χ2v) is 3.20. The number of ether oxygens (including phenoxy) is 1. The summed E-state index contributed by atoms with van der Waals surface area (Å²) in [6.45, 7) is 1.76. The Morgan fingerprint density at radius 1 is 1.33 bits per heavy atom. The zero-order chi connectivity index (χ0) is 11.1. The minimum absolute atomic E-state index is 0.292. The van der Waals surface area contributed by atoms with Gasteiger partial charge in [0.1, 0.15) is 0 Å². The van der Waals surface area contributed by atoms with Crippen molar-refractivity contribution in [2.45, 2.75) is 13.0 Å². The van der Waals surface area contributed by atoms with Crippen LogP contribution in [0.3, 0.4) is 0 Å². The molecule has 15 heavy (non-hydrogen) atoms. The van der Waals surface area contributed by atoms with Crippen LogP contribution in [0.25, 0.3) is 0 Å². The van der Waals surface area contributed by atoms with Crippen molar-refractivity contribution in [3.05, 3.63) is 35.4 Å². The molecule has 1 aromatic rings. The summed E-state index contributed by atoms with van der Waals surface area (Å²) in [5, 5.41) is 8.68. The van der Waals surface area contributed by atoms with Crippen molar-refractivity contribution in [2.24, 2.45) is 5.73 Å². The summed E-state index contributed by atoms with van der Waals surface area (Å²) >= 11 is 0. The fourth-order valence-electron chi connectivity index (χ4n) is 1.12. The Labute approximate surface area is 88.7 Å². The number of rotatable bonds is 6. The molecule has 1 rings (SSSR count). The Balaban J connectivity index is 2.39. The number of nitrogens with two attached hydrogens (primary N) is 1. The zero-order valence-electron chi connectivity index (χ0n) is 8.48. The molecule has 4 nitrogen and oxygen atoms in total. The molecule has 0 aliphatic heterocycles. The lowest BCUT2D eigenvalue weighted by Gasteiger charge is -2.03. The summed E-state index contributed by atoms with van der Waals surface area (Å²) in [6, 6.07) is 6.66. The Morgan fingerprint density at radius 3 is 2.53 bits per heavy atom. The molecular weight excluding hydrogens is 194 g/mol. The maximum Gasteiger partial charge on any atom is 0.335 e. The van der Waals surface area contributed by atoms with Gasteiger partial charge >= 0.3 is 5.97 Å². The Morgan fingerprint density at radius 2 is 2.00 bits per heavy atom. The van der Waals surface area contributed by atoms with Gasteiger partial charge in [-0.3, -0.25) is 0 Å². The van der Waals surface area contributed by atoms with E-state index in [-0.39, 0.29) is 0 Å². The summed E-state index contributed by atoms with van der Waals surface area (Å²) in [4.78, 5) is 10.6. The average molecular weight is 209 g/mol. The molecule has 0 radical (unpaired) electrons. The minimum atomic E-state index is -0.911. The van der Waals surface area contributed by atoms with E-state index in [9.17, 15) is 4.79 Å². The van der Waals surface area contributed by atoms with Gasteiger partial charge in [0, 0.05) is 6.61 Å². The first-order chi connectivity index (χ1) is 7.24. The summed E-state index contributed by atoms with van der Waals surface area (Å²) in [5.74, 6) is -0.911. The number of aromatic carboxylic acids is 1. The van der Waals surface area contributed by atoms with Crippen molar-refractivity contribution < 1.29 is 14.6 Å². The molecule has 3 N–H and O–H groups in total. The molecule has 0 fully saturated rings. The molecule has 0 saturated carbocycles. The largest absolute Gasteiger partial charge is 0.478 e. The van der Waals surface area contributed by atoms with E-state index in [2.05, 4.69) is 0 Å². The third-order valence-electron chi connectivity index (χ3n) is 1.96. The first kappa shape index (κ1) is 11.7. The normalized spacial score (nSPS) is 10.2. The SMILES string of the molecule is NCCCOCc1ccc(C(=O)O)cc1. The van der Waals surface area contributed by atoms with Crippen LogP contribution in [-0.2, 0) is 11.3 Å². The Kier molecular flexibility index (Phi) is 4.80. The lowest BCUT2D eigenvalue weighted by Crippen LogP contribution is -2.04. The Hall–Kier alpha value is -1.39. The second kappa shape index (κ2) is 6.16. The van der Waals surface area contributed by atoms with Crippen molar-refractivity contribution >= 4 is 5.97 Å². The van der Waals surface area contributed by atoms with E-state index in [1.807, 2.05) is 0 Å². The van der Waals surface area contributed by atoms with Crippen LogP contribution in [0.4, 0.5) is 0 Å². The minimum Gasteiger partial charge on any atom is -0.478 e. The topological polar surface area (TPSA) is 72.5 Å². The van der Waals surface area contributed by atoms with E-state index >= 15 is 0 Å². The summed E-state index contributed by atoms with van der Waals surface area (Å²) in [6.07, 6.45) is 0.840. The van der Waals surface area contributed by atoms with Crippen LogP contribution in [0, 0.1) is 0 Å². The molecule has 0 aliphatic carbocycles. The van der Waals surface area contributed by atoms with Crippen LogP contribution in [-0.4, -0.2) is 24.2 Å². The van der Waals surface area contributed by atoms with Gasteiger partial charge in [-0.05, 0) is 30.7 Å². The highest BCUT2D eigenvalue weighted by atomic mass is 16.5. The number of carboxylic acid groups (broad SMARTS) is 1. The van der Waals surface area contributed by atoms with Gasteiger partial charge in [-0.2, -0.15) is 0 Å². The van der Waals surface area contributed by atoms with E-state index < -0.39 is 5.97 Å². The molecule has 0 aliphatic rings. The molecule has 0 saturated heterocycles. The van der Waals surface area contributed by atoms with Crippen molar-refractivity contribution in [1.29, 1.82) is 0 Å². The van der Waals surface area contributed by atoms with Crippen LogP contribution in [0.15, 0.2) is 24.3 Å². The van der Waals surface area contributed by atoms with Gasteiger partial charge in [-0.1, -0.05) is 12.1 Å². The van der Waals surface area contributed by atoms with Gasteiger partial charge in [0.2, 0.25) is 0 Å². The van der Waals surface area contributed by atoms with E-state index in [0.29, 0.717) is 25.3 Å². The average Bonchev–Trinajstić information content (AvgIpc) is 2.25. The van der Waals surface area contributed by atoms with Crippen LogP contribution in [0.1, 0.15) is 22.3 Å². The number of hydrogen-bond acceptors (Lipinski definition) is 3. The number of carboxylic acids is 1. The van der Waals surface area contributed by atoms with E-state index in [0.717, 1.165) is 12.0 Å². The van der Waals surface area contributed by atoms with Crippen molar-refractivity contribution in [3.63, 3.8) is 0 Å². The van der Waals surface area contributed by atoms with Crippen LogP contribution >= 0.6 is 0 Å². The second-order valence-electron chi connectivity index (χ2n) is 3.20. The van der Waals surface area contributed by atoms with E-state index in [1.54, 1.807) is 24.3 Å². The molecule has 0 heterocycles. The fraction of sp³-hybridized carbons (Fsp3) is 0.364. The molecule has 0 amide bonds. The highest BCUT2D eigenvalue weighted by Gasteiger charge is 2.01. The zero-order valence-corrected chi connectivity index (χ0v) is 8.48. The van der Waals surface area contributed by atoms with Crippen LogP contribution in [0.2, 0.25) is 0 Å². The van der Waals surface area contributed by atoms with Crippen molar-refractivity contribution in [3.8, 4) is 0 Å². The van der Waals surface area contributed by atoms with Crippen molar-refractivity contribution in [2.75, 3.05) is 13.2 Å². The molecule has 0 bridgehead atoms. The molecule has 0 aromatic heterocycles. The summed E-state index contributed by atoms with van der Waals surface area (Å²) in [7, 11) is 0. The van der Waals surface area contributed by atoms with Gasteiger partial charge in [-0.25, -0.2) is 4.79 Å². The summed E-state index contributed by atoms with van der Waals surface area (Å²) < 4.78 is 5.33. The third-order valence-corrected chi connectivity index (χ3v) is 1.96. The van der Waals surface area contributed by atoms with Gasteiger partial charge in [0.15, 0.2) is 0 Å². The van der Waals surface area contributed by atoms with E-state index in [4.69, 9.17) is 15.6 Å².